The van der Waals surface area contributed by atoms with Crippen molar-refractivity contribution in [1.29, 1.82) is 0 Å². The van der Waals surface area contributed by atoms with E-state index in [-0.39, 0.29) is 0 Å². The number of rotatable bonds is 8. The first-order valence-corrected chi connectivity index (χ1v) is 11.6. The molecule has 25 heavy (non-hydrogen) atoms. The molecular formula is C22H36O2S. The minimum Gasteiger partial charge on any atom is -0.228 e. The highest BCUT2D eigenvalue weighted by Crippen LogP contribution is 2.36. The van der Waals surface area contributed by atoms with Gasteiger partial charge in [-0.05, 0) is 88.0 Å². The fourth-order valence-electron chi connectivity index (χ4n) is 3.85. The van der Waals surface area contributed by atoms with Crippen LogP contribution in [0.25, 0.3) is 0 Å². The van der Waals surface area contributed by atoms with Crippen LogP contribution in [-0.4, -0.2) is 18.9 Å². The largest absolute Gasteiger partial charge is 0.228 e. The number of hydrogen-bond donors (Lipinski definition) is 0. The average Bonchev–Trinajstić information content (AvgIpc) is 2.89. The normalized spacial score (nSPS) is 17.7. The van der Waals surface area contributed by atoms with E-state index in [1.165, 1.54) is 36.8 Å². The zero-order valence-corrected chi connectivity index (χ0v) is 17.6. The van der Waals surface area contributed by atoms with Gasteiger partial charge < -0.3 is 0 Å². The molecule has 1 aromatic carbocycles. The standard InChI is InChI=1S/C22H36O2S/c1-17-12-14-21-18(2)19(13-15-20(17)21)11-9-7-6-8-10-16-25(23,24)22(3,4)5/h13,15,17H,6-12,14,16H2,1-5H3. The maximum Gasteiger partial charge on any atom is 0.155 e. The summed E-state index contributed by atoms with van der Waals surface area (Å²) in [7, 11) is -2.95. The maximum absolute atomic E-state index is 12.1. The first-order chi connectivity index (χ1) is 11.6. The van der Waals surface area contributed by atoms with E-state index in [1.54, 1.807) is 31.9 Å². The summed E-state index contributed by atoms with van der Waals surface area (Å²) in [5.74, 6) is 1.06. The summed E-state index contributed by atoms with van der Waals surface area (Å²) in [6.07, 6.45) is 9.08. The van der Waals surface area contributed by atoms with Crippen molar-refractivity contribution >= 4 is 9.84 Å². The Morgan fingerprint density at radius 2 is 1.68 bits per heavy atom. The van der Waals surface area contributed by atoms with Crippen LogP contribution < -0.4 is 0 Å². The average molecular weight is 365 g/mol. The molecule has 0 bridgehead atoms. The van der Waals surface area contributed by atoms with Crippen LogP contribution in [0.4, 0.5) is 0 Å². The summed E-state index contributed by atoms with van der Waals surface area (Å²) in [5, 5.41) is 0. The van der Waals surface area contributed by atoms with Gasteiger partial charge in [-0.25, -0.2) is 8.42 Å². The topological polar surface area (TPSA) is 34.1 Å². The molecule has 0 fully saturated rings. The van der Waals surface area contributed by atoms with E-state index in [1.807, 2.05) is 0 Å². The van der Waals surface area contributed by atoms with E-state index < -0.39 is 14.6 Å². The first kappa shape index (κ1) is 20.5. The lowest BCUT2D eigenvalue weighted by molar-refractivity contribution is 0.552. The zero-order chi connectivity index (χ0) is 18.7. The molecule has 3 heteroatoms. The molecule has 0 saturated heterocycles. The molecule has 0 amide bonds. The second-order valence-electron chi connectivity index (χ2n) is 8.81. The highest BCUT2D eigenvalue weighted by atomic mass is 32.2. The predicted octanol–water partition coefficient (Wildman–Crippen LogP) is 5.75. The Kier molecular flexibility index (Phi) is 6.75. The molecule has 1 unspecified atom stereocenters. The van der Waals surface area contributed by atoms with Crippen LogP contribution in [0.1, 0.15) is 94.4 Å². The Balaban J connectivity index is 1.69. The van der Waals surface area contributed by atoms with Crippen molar-refractivity contribution in [3.05, 3.63) is 34.4 Å². The molecule has 2 rings (SSSR count). The number of unbranched alkanes of at least 4 members (excludes halogenated alkanes) is 4. The van der Waals surface area contributed by atoms with Crippen molar-refractivity contribution in [3.8, 4) is 0 Å². The van der Waals surface area contributed by atoms with Crippen LogP contribution in [0.5, 0.6) is 0 Å². The first-order valence-electron chi connectivity index (χ1n) is 9.97. The minimum atomic E-state index is -2.95. The van der Waals surface area contributed by atoms with Gasteiger partial charge in [-0.2, -0.15) is 0 Å². The summed E-state index contributed by atoms with van der Waals surface area (Å²) in [6.45, 7) is 10.0. The Morgan fingerprint density at radius 1 is 1.04 bits per heavy atom. The van der Waals surface area contributed by atoms with E-state index in [4.69, 9.17) is 0 Å². The third kappa shape index (κ3) is 5.09. The highest BCUT2D eigenvalue weighted by Gasteiger charge is 2.27. The lowest BCUT2D eigenvalue weighted by Gasteiger charge is -2.18. The number of hydrogen-bond acceptors (Lipinski definition) is 2. The SMILES string of the molecule is Cc1c(CCCCCCCS(=O)(=O)C(C)(C)C)ccc2c1CCC2C. The van der Waals surface area contributed by atoms with Gasteiger partial charge in [-0.1, -0.05) is 38.3 Å². The molecule has 1 aliphatic carbocycles. The highest BCUT2D eigenvalue weighted by molar-refractivity contribution is 7.92. The van der Waals surface area contributed by atoms with Gasteiger partial charge in [0.2, 0.25) is 0 Å². The third-order valence-corrected chi connectivity index (χ3v) is 8.59. The van der Waals surface area contributed by atoms with Crippen molar-refractivity contribution in [2.24, 2.45) is 0 Å². The third-order valence-electron chi connectivity index (χ3n) is 5.90. The van der Waals surface area contributed by atoms with Crippen LogP contribution in [0.3, 0.4) is 0 Å². The second kappa shape index (κ2) is 8.24. The molecule has 0 aliphatic heterocycles. The molecule has 0 spiro atoms. The van der Waals surface area contributed by atoms with Gasteiger partial charge in [-0.3, -0.25) is 0 Å². The number of fused-ring (bicyclic) bond motifs is 1. The van der Waals surface area contributed by atoms with Crippen LogP contribution in [0.15, 0.2) is 12.1 Å². The molecule has 0 N–H and O–H groups in total. The quantitative estimate of drug-likeness (QED) is 0.550. The smallest absolute Gasteiger partial charge is 0.155 e. The second-order valence-corrected chi connectivity index (χ2v) is 11.7. The molecule has 1 aliphatic rings. The zero-order valence-electron chi connectivity index (χ0n) is 16.8. The van der Waals surface area contributed by atoms with Crippen molar-refractivity contribution in [1.82, 2.24) is 0 Å². The van der Waals surface area contributed by atoms with Crippen LogP contribution in [0.2, 0.25) is 0 Å². The molecule has 0 heterocycles. The number of sulfone groups is 1. The van der Waals surface area contributed by atoms with Crippen LogP contribution in [-0.2, 0) is 22.7 Å². The Bertz CT molecular complexity index is 681. The fraction of sp³-hybridized carbons (Fsp3) is 0.727. The molecular weight excluding hydrogens is 328 g/mol. The molecule has 2 nitrogen and oxygen atoms in total. The van der Waals surface area contributed by atoms with Crippen molar-refractivity contribution in [2.45, 2.75) is 96.7 Å². The summed E-state index contributed by atoms with van der Waals surface area (Å²) in [5.41, 5.74) is 6.22. The van der Waals surface area contributed by atoms with E-state index in [0.717, 1.165) is 31.6 Å². The van der Waals surface area contributed by atoms with Gasteiger partial charge in [0.25, 0.3) is 0 Å². The van der Waals surface area contributed by atoms with Crippen LogP contribution in [0, 0.1) is 6.92 Å². The van der Waals surface area contributed by atoms with Gasteiger partial charge in [-0.15, -0.1) is 0 Å². The Morgan fingerprint density at radius 3 is 2.36 bits per heavy atom. The van der Waals surface area contributed by atoms with Gasteiger partial charge >= 0.3 is 0 Å². The molecule has 142 valence electrons. The van der Waals surface area contributed by atoms with Crippen molar-refractivity contribution in [3.63, 3.8) is 0 Å². The molecule has 0 radical (unpaired) electrons. The summed E-state index contributed by atoms with van der Waals surface area (Å²) < 4.78 is 23.5. The Labute approximate surface area is 155 Å². The van der Waals surface area contributed by atoms with Gasteiger partial charge in [0.05, 0.1) is 10.5 Å². The van der Waals surface area contributed by atoms with Gasteiger partial charge in [0.15, 0.2) is 9.84 Å². The maximum atomic E-state index is 12.1. The lowest BCUT2D eigenvalue weighted by atomic mass is 9.93. The van der Waals surface area contributed by atoms with E-state index in [9.17, 15) is 8.42 Å². The minimum absolute atomic E-state index is 0.332. The van der Waals surface area contributed by atoms with Crippen molar-refractivity contribution < 1.29 is 8.42 Å². The summed E-state index contributed by atoms with van der Waals surface area (Å²) in [4.78, 5) is 0. The monoisotopic (exact) mass is 364 g/mol. The summed E-state index contributed by atoms with van der Waals surface area (Å²) >= 11 is 0. The van der Waals surface area contributed by atoms with E-state index in [2.05, 4.69) is 26.0 Å². The van der Waals surface area contributed by atoms with Gasteiger partial charge in [0, 0.05) is 0 Å². The molecule has 1 atom stereocenters. The van der Waals surface area contributed by atoms with E-state index >= 15 is 0 Å². The molecule has 0 saturated carbocycles. The lowest BCUT2D eigenvalue weighted by Crippen LogP contribution is -2.30. The van der Waals surface area contributed by atoms with Crippen molar-refractivity contribution in [2.75, 3.05) is 5.75 Å². The van der Waals surface area contributed by atoms with Gasteiger partial charge in [0.1, 0.15) is 0 Å². The molecule has 1 aromatic rings. The summed E-state index contributed by atoms with van der Waals surface area (Å²) in [6, 6.07) is 4.69. The van der Waals surface area contributed by atoms with Crippen LogP contribution >= 0.6 is 0 Å². The Hall–Kier alpha value is -0.830. The predicted molar refractivity (Wildman–Crippen MR) is 108 cm³/mol. The number of benzene rings is 1. The van der Waals surface area contributed by atoms with E-state index in [0.29, 0.717) is 5.75 Å². The fourth-order valence-corrected chi connectivity index (χ4v) is 5.05. The molecule has 0 aromatic heterocycles. The number of aryl methyl sites for hydroxylation is 1.